The first-order valence-electron chi connectivity index (χ1n) is 4.09. The molecule has 1 aromatic rings. The Morgan fingerprint density at radius 1 is 1.36 bits per heavy atom. The van der Waals surface area contributed by atoms with Gasteiger partial charge in [-0.3, -0.25) is 0 Å². The standard InChI is InChI=1S/C9H15NS/c1-3-4-8-5-6-9(11-8)7-10-2/h5-6,10H,3-4,7H2,1-2H3. The average molecular weight is 169 g/mol. The highest BCUT2D eigenvalue weighted by atomic mass is 32.1. The van der Waals surface area contributed by atoms with E-state index < -0.39 is 0 Å². The normalized spacial score (nSPS) is 10.4. The largest absolute Gasteiger partial charge is 0.315 e. The lowest BCUT2D eigenvalue weighted by Crippen LogP contribution is -2.02. The Bertz CT molecular complexity index is 185. The highest BCUT2D eigenvalue weighted by molar-refractivity contribution is 7.11. The topological polar surface area (TPSA) is 12.0 Å². The molecule has 0 saturated heterocycles. The summed E-state index contributed by atoms with van der Waals surface area (Å²) in [5.41, 5.74) is 0. The molecule has 0 bridgehead atoms. The van der Waals surface area contributed by atoms with Crippen LogP contribution in [-0.4, -0.2) is 7.05 Å². The van der Waals surface area contributed by atoms with Crippen molar-refractivity contribution in [1.29, 1.82) is 0 Å². The van der Waals surface area contributed by atoms with Gasteiger partial charge in [0.1, 0.15) is 0 Å². The molecule has 0 saturated carbocycles. The van der Waals surface area contributed by atoms with Gasteiger partial charge in [0.05, 0.1) is 0 Å². The lowest BCUT2D eigenvalue weighted by atomic mass is 10.3. The number of thiophene rings is 1. The summed E-state index contributed by atoms with van der Waals surface area (Å²) < 4.78 is 0. The summed E-state index contributed by atoms with van der Waals surface area (Å²) in [6.45, 7) is 3.23. The fourth-order valence-corrected chi connectivity index (χ4v) is 2.20. The maximum Gasteiger partial charge on any atom is 0.0296 e. The lowest BCUT2D eigenvalue weighted by Gasteiger charge is -1.92. The molecule has 0 aromatic carbocycles. The second kappa shape index (κ2) is 4.52. The van der Waals surface area contributed by atoms with E-state index in [4.69, 9.17) is 0 Å². The molecule has 0 aliphatic rings. The first-order chi connectivity index (χ1) is 5.36. The Balaban J connectivity index is 2.51. The summed E-state index contributed by atoms with van der Waals surface area (Å²) >= 11 is 1.92. The van der Waals surface area contributed by atoms with Crippen LogP contribution in [0.4, 0.5) is 0 Å². The van der Waals surface area contributed by atoms with Crippen LogP contribution in [0.1, 0.15) is 23.1 Å². The van der Waals surface area contributed by atoms with Crippen LogP contribution in [0.25, 0.3) is 0 Å². The molecule has 0 radical (unpaired) electrons. The van der Waals surface area contributed by atoms with E-state index in [1.807, 2.05) is 18.4 Å². The molecule has 0 unspecified atom stereocenters. The van der Waals surface area contributed by atoms with Crippen molar-refractivity contribution in [2.45, 2.75) is 26.3 Å². The highest BCUT2D eigenvalue weighted by Gasteiger charge is 1.96. The second-order valence-electron chi connectivity index (χ2n) is 2.65. The maximum absolute atomic E-state index is 3.15. The van der Waals surface area contributed by atoms with Gasteiger partial charge in [-0.1, -0.05) is 13.3 Å². The third kappa shape index (κ3) is 2.64. The minimum atomic E-state index is 1.01. The summed E-state index contributed by atoms with van der Waals surface area (Å²) in [6.07, 6.45) is 2.48. The maximum atomic E-state index is 3.15. The number of nitrogens with one attached hydrogen (secondary N) is 1. The molecule has 0 spiro atoms. The minimum absolute atomic E-state index is 1.01. The lowest BCUT2D eigenvalue weighted by molar-refractivity contribution is 0.831. The first kappa shape index (κ1) is 8.75. The molecule has 62 valence electrons. The SMILES string of the molecule is CCCc1ccc(CNC)s1. The highest BCUT2D eigenvalue weighted by Crippen LogP contribution is 2.17. The van der Waals surface area contributed by atoms with E-state index in [1.165, 1.54) is 22.6 Å². The van der Waals surface area contributed by atoms with Crippen LogP contribution in [0, 0.1) is 0 Å². The van der Waals surface area contributed by atoms with Gasteiger partial charge in [0, 0.05) is 16.3 Å². The van der Waals surface area contributed by atoms with E-state index in [0.717, 1.165) is 6.54 Å². The molecular weight excluding hydrogens is 154 g/mol. The Labute approximate surface area is 72.4 Å². The monoisotopic (exact) mass is 169 g/mol. The number of aryl methyl sites for hydroxylation is 1. The molecular formula is C9H15NS. The van der Waals surface area contributed by atoms with E-state index in [-0.39, 0.29) is 0 Å². The fraction of sp³-hybridized carbons (Fsp3) is 0.556. The Kier molecular flexibility index (Phi) is 3.60. The molecule has 0 fully saturated rings. The van der Waals surface area contributed by atoms with Gasteiger partial charge >= 0.3 is 0 Å². The predicted octanol–water partition coefficient (Wildman–Crippen LogP) is 2.42. The van der Waals surface area contributed by atoms with E-state index in [0.29, 0.717) is 0 Å². The Hall–Kier alpha value is -0.340. The van der Waals surface area contributed by atoms with Crippen molar-refractivity contribution in [1.82, 2.24) is 5.32 Å². The minimum Gasteiger partial charge on any atom is -0.315 e. The van der Waals surface area contributed by atoms with Crippen LogP contribution >= 0.6 is 11.3 Å². The molecule has 1 nitrogen and oxygen atoms in total. The van der Waals surface area contributed by atoms with E-state index in [9.17, 15) is 0 Å². The fourth-order valence-electron chi connectivity index (χ4n) is 1.07. The van der Waals surface area contributed by atoms with Crippen molar-refractivity contribution in [3.63, 3.8) is 0 Å². The summed E-state index contributed by atoms with van der Waals surface area (Å²) in [5.74, 6) is 0. The van der Waals surface area contributed by atoms with Crippen molar-refractivity contribution in [2.75, 3.05) is 7.05 Å². The predicted molar refractivity (Wildman–Crippen MR) is 51.1 cm³/mol. The number of hydrogen-bond donors (Lipinski definition) is 1. The molecule has 0 aliphatic carbocycles. The van der Waals surface area contributed by atoms with Gasteiger partial charge < -0.3 is 5.32 Å². The molecule has 1 aromatic heterocycles. The van der Waals surface area contributed by atoms with Crippen LogP contribution in [0.3, 0.4) is 0 Å². The van der Waals surface area contributed by atoms with Crippen molar-refractivity contribution in [3.8, 4) is 0 Å². The van der Waals surface area contributed by atoms with Crippen molar-refractivity contribution < 1.29 is 0 Å². The van der Waals surface area contributed by atoms with Crippen molar-refractivity contribution in [3.05, 3.63) is 21.9 Å². The third-order valence-corrected chi connectivity index (χ3v) is 2.71. The third-order valence-electron chi connectivity index (χ3n) is 1.56. The quantitative estimate of drug-likeness (QED) is 0.730. The van der Waals surface area contributed by atoms with Crippen molar-refractivity contribution in [2.24, 2.45) is 0 Å². The average Bonchev–Trinajstić information content (AvgIpc) is 2.38. The molecule has 11 heavy (non-hydrogen) atoms. The Morgan fingerprint density at radius 2 is 2.09 bits per heavy atom. The summed E-state index contributed by atoms with van der Waals surface area (Å²) in [5, 5.41) is 3.15. The van der Waals surface area contributed by atoms with Gasteiger partial charge in [-0.2, -0.15) is 0 Å². The summed E-state index contributed by atoms with van der Waals surface area (Å²) in [7, 11) is 1.99. The van der Waals surface area contributed by atoms with Gasteiger partial charge in [-0.15, -0.1) is 11.3 Å². The van der Waals surface area contributed by atoms with E-state index >= 15 is 0 Å². The molecule has 1 heterocycles. The number of hydrogen-bond acceptors (Lipinski definition) is 2. The van der Waals surface area contributed by atoms with Crippen LogP contribution in [0.5, 0.6) is 0 Å². The molecule has 0 amide bonds. The van der Waals surface area contributed by atoms with Crippen LogP contribution < -0.4 is 5.32 Å². The second-order valence-corrected chi connectivity index (χ2v) is 3.90. The van der Waals surface area contributed by atoms with Crippen molar-refractivity contribution >= 4 is 11.3 Å². The van der Waals surface area contributed by atoms with E-state index in [2.05, 4.69) is 24.4 Å². The molecule has 1 N–H and O–H groups in total. The van der Waals surface area contributed by atoms with Crippen LogP contribution in [-0.2, 0) is 13.0 Å². The zero-order valence-electron chi connectivity index (χ0n) is 7.18. The molecule has 2 heteroatoms. The van der Waals surface area contributed by atoms with Gasteiger partial charge in [-0.25, -0.2) is 0 Å². The molecule has 0 atom stereocenters. The van der Waals surface area contributed by atoms with Crippen LogP contribution in [0.15, 0.2) is 12.1 Å². The zero-order valence-corrected chi connectivity index (χ0v) is 8.00. The van der Waals surface area contributed by atoms with Gasteiger partial charge in [0.25, 0.3) is 0 Å². The summed E-state index contributed by atoms with van der Waals surface area (Å²) in [4.78, 5) is 2.95. The zero-order chi connectivity index (χ0) is 8.10. The smallest absolute Gasteiger partial charge is 0.0296 e. The van der Waals surface area contributed by atoms with Gasteiger partial charge in [0.2, 0.25) is 0 Å². The van der Waals surface area contributed by atoms with Gasteiger partial charge in [0.15, 0.2) is 0 Å². The summed E-state index contributed by atoms with van der Waals surface area (Å²) in [6, 6.07) is 4.45. The first-order valence-corrected chi connectivity index (χ1v) is 4.90. The Morgan fingerprint density at radius 3 is 2.73 bits per heavy atom. The molecule has 1 rings (SSSR count). The number of rotatable bonds is 4. The molecule has 0 aliphatic heterocycles. The van der Waals surface area contributed by atoms with Crippen LogP contribution in [0.2, 0.25) is 0 Å². The van der Waals surface area contributed by atoms with Gasteiger partial charge in [-0.05, 0) is 25.6 Å². The van der Waals surface area contributed by atoms with E-state index in [1.54, 1.807) is 0 Å².